The van der Waals surface area contributed by atoms with Gasteiger partial charge in [-0.3, -0.25) is 0 Å². The standard InChI is InChI=1S/C29H27F4N2O2Si/c1-14-10-19-15(6-8-34(19)2)11-17(14)22(23-24(29(36)37)26(31)28(33)27(32)25(23)30)18-12-16-7-9-35(3)20(16)13-21(18)38(4)5/h10-13H,6-9H2,1-5H3. The third-order valence-corrected chi connectivity index (χ3v) is 9.19. The maximum absolute atomic E-state index is 15.7. The van der Waals surface area contributed by atoms with E-state index >= 15 is 8.78 Å². The first kappa shape index (κ1) is 26.2. The van der Waals surface area contributed by atoms with Crippen LogP contribution in [0.2, 0.25) is 13.1 Å². The summed E-state index contributed by atoms with van der Waals surface area (Å²) in [6.45, 7) is 7.40. The summed E-state index contributed by atoms with van der Waals surface area (Å²) in [4.78, 5) is 14.2. The molecule has 9 heteroatoms. The van der Waals surface area contributed by atoms with Crippen LogP contribution in [-0.2, 0) is 12.8 Å². The Labute approximate surface area is 219 Å². The lowest BCUT2D eigenvalue weighted by molar-refractivity contribution is -0.255. The van der Waals surface area contributed by atoms with Gasteiger partial charge in [0.15, 0.2) is 23.3 Å². The minimum absolute atomic E-state index is 0.0351. The van der Waals surface area contributed by atoms with Crippen molar-refractivity contribution in [3.8, 4) is 0 Å². The zero-order valence-electron chi connectivity index (χ0n) is 21.9. The van der Waals surface area contributed by atoms with Crippen molar-refractivity contribution in [3.63, 3.8) is 0 Å². The maximum Gasteiger partial charge on any atom is 0.203 e. The number of anilines is 1. The highest BCUT2D eigenvalue weighted by Gasteiger charge is 2.31. The van der Waals surface area contributed by atoms with Crippen LogP contribution in [0.3, 0.4) is 0 Å². The van der Waals surface area contributed by atoms with Gasteiger partial charge in [0.2, 0.25) is 5.36 Å². The number of aromatic carboxylic acids is 1. The van der Waals surface area contributed by atoms with Gasteiger partial charge in [-0.15, -0.1) is 0 Å². The summed E-state index contributed by atoms with van der Waals surface area (Å²) in [5.41, 5.74) is 1.90. The molecule has 0 atom stereocenters. The van der Waals surface area contributed by atoms with Crippen molar-refractivity contribution in [1.29, 1.82) is 0 Å². The molecule has 2 heterocycles. The fourth-order valence-corrected chi connectivity index (χ4v) is 6.82. The first-order valence-corrected chi connectivity index (χ1v) is 14.9. The van der Waals surface area contributed by atoms with Crippen LogP contribution in [0.5, 0.6) is 0 Å². The van der Waals surface area contributed by atoms with Crippen LogP contribution >= 0.6 is 0 Å². The first-order chi connectivity index (χ1) is 17.9. The molecule has 0 saturated heterocycles. The van der Waals surface area contributed by atoms with E-state index in [1.54, 1.807) is 6.92 Å². The van der Waals surface area contributed by atoms with Gasteiger partial charge in [-0.2, -0.15) is 0 Å². The number of hydrogen-bond donors (Lipinski definition) is 0. The zero-order valence-corrected chi connectivity index (χ0v) is 22.9. The van der Waals surface area contributed by atoms with Gasteiger partial charge in [0.05, 0.1) is 14.8 Å². The van der Waals surface area contributed by atoms with Gasteiger partial charge in [-0.25, -0.2) is 22.1 Å². The Morgan fingerprint density at radius 3 is 2.24 bits per heavy atom. The molecule has 0 amide bonds. The van der Waals surface area contributed by atoms with Crippen molar-refractivity contribution in [2.24, 2.45) is 0 Å². The van der Waals surface area contributed by atoms with Crippen LogP contribution in [-0.4, -0.2) is 42.0 Å². The van der Waals surface area contributed by atoms with E-state index in [0.29, 0.717) is 29.2 Å². The molecule has 0 bridgehead atoms. The number of likely N-dealkylation sites (N-methyl/N-ethyl adjacent to an activating group) is 2. The van der Waals surface area contributed by atoms with Crippen LogP contribution in [0.4, 0.5) is 23.2 Å². The highest BCUT2D eigenvalue weighted by molar-refractivity contribution is 6.70. The van der Waals surface area contributed by atoms with Gasteiger partial charge >= 0.3 is 0 Å². The van der Waals surface area contributed by atoms with Gasteiger partial charge in [0.25, 0.3) is 0 Å². The molecule has 1 radical (unpaired) electrons. The second kappa shape index (κ2) is 9.38. The SMILES string of the molecule is Cc1cc2c(cc1/C(c1c(F)c(F)c(F)c(F)c1C(=O)[O-])=c1/cc3c(cc1[Si](C)C)=[N+](C)CC3)CCN2C. The molecular formula is C29H27F4N2O2Si. The molecular weight excluding hydrogens is 512 g/mol. The Kier molecular flexibility index (Phi) is 6.45. The summed E-state index contributed by atoms with van der Waals surface area (Å²) in [5.74, 6) is -10.1. The van der Waals surface area contributed by atoms with Crippen molar-refractivity contribution in [1.82, 2.24) is 4.58 Å². The molecule has 2 aliphatic heterocycles. The fourth-order valence-electron chi connectivity index (χ4n) is 5.66. The number of rotatable bonds is 4. The Balaban J connectivity index is 2.06. The summed E-state index contributed by atoms with van der Waals surface area (Å²) in [7, 11) is 2.67. The van der Waals surface area contributed by atoms with Gasteiger partial charge < -0.3 is 14.8 Å². The monoisotopic (exact) mass is 539 g/mol. The van der Waals surface area contributed by atoms with E-state index in [1.807, 2.05) is 51.5 Å². The quantitative estimate of drug-likeness (QED) is 0.167. The van der Waals surface area contributed by atoms with Crippen LogP contribution in [0.15, 0.2) is 24.3 Å². The van der Waals surface area contributed by atoms with Gasteiger partial charge in [0, 0.05) is 54.0 Å². The van der Waals surface area contributed by atoms with Crippen LogP contribution in [0, 0.1) is 30.2 Å². The maximum atomic E-state index is 15.7. The Bertz CT molecular complexity index is 1670. The van der Waals surface area contributed by atoms with Crippen molar-refractivity contribution in [2.75, 3.05) is 32.1 Å². The molecule has 2 aliphatic rings. The molecule has 0 N–H and O–H groups in total. The lowest BCUT2D eigenvalue weighted by Gasteiger charge is -2.22. The molecule has 0 spiro atoms. The average Bonchev–Trinajstić information content (AvgIpc) is 3.41. The van der Waals surface area contributed by atoms with E-state index in [9.17, 15) is 18.7 Å². The molecule has 0 aliphatic carbocycles. The second-order valence-corrected chi connectivity index (χ2v) is 12.9. The predicted octanol–water partition coefficient (Wildman–Crippen LogP) is 1.79. The molecule has 38 heavy (non-hydrogen) atoms. The number of fused-ring (bicyclic) bond motifs is 2. The minimum Gasteiger partial charge on any atom is -0.545 e. The van der Waals surface area contributed by atoms with Crippen LogP contribution in [0.1, 0.15) is 38.2 Å². The van der Waals surface area contributed by atoms with Crippen LogP contribution < -0.4 is 30.3 Å². The molecule has 5 rings (SSSR count). The van der Waals surface area contributed by atoms with Gasteiger partial charge in [0.1, 0.15) is 13.6 Å². The van der Waals surface area contributed by atoms with E-state index in [0.717, 1.165) is 40.4 Å². The lowest BCUT2D eigenvalue weighted by atomic mass is 9.86. The van der Waals surface area contributed by atoms with Crippen molar-refractivity contribution in [3.05, 3.63) is 91.5 Å². The third kappa shape index (κ3) is 3.95. The molecule has 0 aromatic heterocycles. The summed E-state index contributed by atoms with van der Waals surface area (Å²) in [6, 6.07) is 7.63. The predicted molar refractivity (Wildman–Crippen MR) is 139 cm³/mol. The molecule has 0 saturated carbocycles. The van der Waals surface area contributed by atoms with Crippen molar-refractivity contribution in [2.45, 2.75) is 32.9 Å². The topological polar surface area (TPSA) is 46.4 Å². The molecule has 0 unspecified atom stereocenters. The van der Waals surface area contributed by atoms with Gasteiger partial charge in [-0.05, 0) is 58.6 Å². The van der Waals surface area contributed by atoms with E-state index in [4.69, 9.17) is 0 Å². The number of carboxylic acid groups (broad SMARTS) is 1. The molecule has 4 nitrogen and oxygen atoms in total. The number of carboxylic acids is 1. The number of carbonyl (C=O) groups excluding carboxylic acids is 1. The van der Waals surface area contributed by atoms with Crippen LogP contribution in [0.25, 0.3) is 5.57 Å². The normalized spacial score (nSPS) is 15.3. The van der Waals surface area contributed by atoms with Crippen molar-refractivity contribution < 1.29 is 27.5 Å². The molecule has 3 aromatic rings. The molecule has 0 fully saturated rings. The Morgan fingerprint density at radius 1 is 0.947 bits per heavy atom. The van der Waals surface area contributed by atoms with E-state index in [1.165, 1.54) is 0 Å². The summed E-state index contributed by atoms with van der Waals surface area (Å²) in [5, 5.41) is 14.5. The minimum atomic E-state index is -2.18. The highest BCUT2D eigenvalue weighted by atomic mass is 28.3. The fraction of sp³-hybridized carbons (Fsp3) is 0.310. The number of nitrogens with zero attached hydrogens (tertiary/aromatic N) is 2. The smallest absolute Gasteiger partial charge is 0.203 e. The van der Waals surface area contributed by atoms with Gasteiger partial charge in [-0.1, -0.05) is 13.1 Å². The summed E-state index contributed by atoms with van der Waals surface area (Å²) in [6.07, 6.45) is 1.41. The second-order valence-electron chi connectivity index (χ2n) is 10.3. The number of benzene rings is 3. The highest BCUT2D eigenvalue weighted by Crippen LogP contribution is 2.37. The largest absolute Gasteiger partial charge is 0.545 e. The number of carbonyl (C=O) groups is 1. The number of aryl methyl sites for hydroxylation is 1. The van der Waals surface area contributed by atoms with E-state index in [-0.39, 0.29) is 5.57 Å². The summed E-state index contributed by atoms with van der Waals surface area (Å²) >= 11 is 0. The van der Waals surface area contributed by atoms with E-state index < -0.39 is 49.2 Å². The third-order valence-electron chi connectivity index (χ3n) is 7.70. The zero-order chi connectivity index (χ0) is 27.6. The first-order valence-electron chi connectivity index (χ1n) is 12.4. The Hall–Kier alpha value is -3.46. The van der Waals surface area contributed by atoms with E-state index in [2.05, 4.69) is 9.48 Å². The Morgan fingerprint density at radius 2 is 1.61 bits per heavy atom. The molecule has 3 aromatic carbocycles. The number of hydrogen-bond acceptors (Lipinski definition) is 3. The molecule has 197 valence electrons. The number of halogens is 4. The lowest BCUT2D eigenvalue weighted by Crippen LogP contribution is -2.43. The summed E-state index contributed by atoms with van der Waals surface area (Å²) < 4.78 is 61.9. The van der Waals surface area contributed by atoms with Crippen molar-refractivity contribution >= 4 is 31.2 Å². The average molecular weight is 540 g/mol.